The molecule has 3 aromatic rings. The quantitative estimate of drug-likeness (QED) is 0.499. The third-order valence-electron chi connectivity index (χ3n) is 2.61. The Kier molecular flexibility index (Phi) is 8.27. The molecule has 0 heterocycles. The zero-order valence-corrected chi connectivity index (χ0v) is 14.0. The Bertz CT molecular complexity index is 546. The molecule has 0 aliphatic carbocycles. The summed E-state index contributed by atoms with van der Waals surface area (Å²) < 4.78 is 0. The second kappa shape index (κ2) is 8.83. The van der Waals surface area contributed by atoms with Gasteiger partial charge in [-0.3, -0.25) is 0 Å². The van der Waals surface area contributed by atoms with E-state index in [4.69, 9.17) is 0 Å². The molecule has 0 aliphatic rings. The van der Waals surface area contributed by atoms with Crippen LogP contribution in [0.25, 0.3) is 10.8 Å². The molecule has 3 rings (SSSR count). The van der Waals surface area contributed by atoms with Gasteiger partial charge in [0.25, 0.3) is 0 Å². The van der Waals surface area contributed by atoms with Crippen LogP contribution < -0.4 is 0 Å². The molecular weight excluding hydrogens is 307 g/mol. The summed E-state index contributed by atoms with van der Waals surface area (Å²) in [4.78, 5) is 0. The first-order valence-corrected chi connectivity index (χ1v) is 5.75. The zero-order valence-electron chi connectivity index (χ0n) is 11.6. The minimum absolute atomic E-state index is 0. The fourth-order valence-corrected chi connectivity index (χ4v) is 1.78. The first-order chi connectivity index (χ1) is 8.25. The van der Waals surface area contributed by atoms with E-state index in [1.165, 1.54) is 16.3 Å². The molecule has 0 amide bonds. The smallest absolute Gasteiger partial charge is 0.358 e. The fourth-order valence-electron chi connectivity index (χ4n) is 1.78. The second-order valence-electron chi connectivity index (χ2n) is 4.15. The number of fused-ring (bicyclic) bond motifs is 1. The van der Waals surface area contributed by atoms with E-state index in [0.29, 0.717) is 0 Å². The molecule has 1 radical (unpaired) electrons. The first-order valence-electron chi connectivity index (χ1n) is 5.75. The molecule has 19 heavy (non-hydrogen) atoms. The summed E-state index contributed by atoms with van der Waals surface area (Å²) in [5, 5.41) is 2.69. The Morgan fingerprint density at radius 2 is 1.47 bits per heavy atom. The van der Waals surface area contributed by atoms with Crippen LogP contribution in [-0.4, -0.2) is 0 Å². The Hall–Kier alpha value is -1.20. The van der Waals surface area contributed by atoms with E-state index in [1.807, 2.05) is 30.3 Å². The van der Waals surface area contributed by atoms with Crippen molar-refractivity contribution in [2.24, 2.45) is 0 Å². The Morgan fingerprint density at radius 1 is 0.895 bits per heavy atom. The van der Waals surface area contributed by atoms with Crippen LogP contribution in [0.15, 0.2) is 66.7 Å². The molecule has 0 N–H and O–H groups in total. The van der Waals surface area contributed by atoms with Crippen LogP contribution in [0.3, 0.4) is 0 Å². The minimum Gasteiger partial charge on any atom is -0.358 e. The van der Waals surface area contributed by atoms with E-state index in [2.05, 4.69) is 50.2 Å². The van der Waals surface area contributed by atoms with E-state index < -0.39 is 0 Å². The Labute approximate surface area is 136 Å². The molecule has 0 nitrogen and oxygen atoms in total. The molecule has 0 aliphatic heterocycles. The molecule has 0 fully saturated rings. The van der Waals surface area contributed by atoms with E-state index in [9.17, 15) is 0 Å². The molecule has 0 atom stereocenters. The molecule has 0 aromatic heterocycles. The standard InChI is InChI=1S/C10H9.C7H7.CH3.Zr/c1-8-6-9-4-2-3-5-10(9)7-8;1-7-5-3-2-4-6-7;;/h2-7H,1H3;2-6H,1H2;1H3;/q3*-1;+3. The van der Waals surface area contributed by atoms with Gasteiger partial charge in [-0.2, -0.15) is 30.7 Å². The van der Waals surface area contributed by atoms with Gasteiger partial charge in [0.2, 0.25) is 0 Å². The average Bonchev–Trinajstić information content (AvgIpc) is 2.71. The summed E-state index contributed by atoms with van der Waals surface area (Å²) in [6.07, 6.45) is 0. The zero-order chi connectivity index (χ0) is 12.1. The van der Waals surface area contributed by atoms with Gasteiger partial charge in [0.1, 0.15) is 0 Å². The van der Waals surface area contributed by atoms with E-state index in [-0.39, 0.29) is 33.6 Å². The van der Waals surface area contributed by atoms with E-state index in [1.54, 1.807) is 0 Å². The number of benzene rings is 2. The number of hydrogen-bond donors (Lipinski definition) is 0. The fraction of sp³-hybridized carbons (Fsp3) is 0.0556. The summed E-state index contributed by atoms with van der Waals surface area (Å²) >= 11 is 0. The van der Waals surface area contributed by atoms with Crippen LogP contribution in [-0.2, 0) is 26.2 Å². The van der Waals surface area contributed by atoms with Crippen LogP contribution in [0.2, 0.25) is 0 Å². The monoisotopic (exact) mass is 325 g/mol. The van der Waals surface area contributed by atoms with Crippen molar-refractivity contribution in [3.63, 3.8) is 0 Å². The number of rotatable bonds is 0. The summed E-state index contributed by atoms with van der Waals surface area (Å²) in [5.41, 5.74) is 2.42. The van der Waals surface area contributed by atoms with Crippen molar-refractivity contribution in [2.75, 3.05) is 0 Å². The van der Waals surface area contributed by atoms with Crippen molar-refractivity contribution in [1.82, 2.24) is 0 Å². The van der Waals surface area contributed by atoms with Crippen LogP contribution in [0.4, 0.5) is 0 Å². The summed E-state index contributed by atoms with van der Waals surface area (Å²) in [6, 6.07) is 22.7. The third-order valence-corrected chi connectivity index (χ3v) is 2.61. The third kappa shape index (κ3) is 5.53. The predicted octanol–water partition coefficient (Wildman–Crippen LogP) is 5.18. The average molecular weight is 327 g/mol. The van der Waals surface area contributed by atoms with Gasteiger partial charge >= 0.3 is 26.2 Å². The molecule has 0 saturated carbocycles. The van der Waals surface area contributed by atoms with Gasteiger partial charge in [0, 0.05) is 0 Å². The Morgan fingerprint density at radius 3 is 2.00 bits per heavy atom. The molecule has 0 bridgehead atoms. The largest absolute Gasteiger partial charge is 3.00 e. The van der Waals surface area contributed by atoms with Crippen molar-refractivity contribution in [3.8, 4) is 0 Å². The summed E-state index contributed by atoms with van der Waals surface area (Å²) in [5.74, 6) is 0. The molecule has 0 unspecified atom stereocenters. The van der Waals surface area contributed by atoms with Crippen LogP contribution >= 0.6 is 0 Å². The van der Waals surface area contributed by atoms with Crippen molar-refractivity contribution in [1.29, 1.82) is 0 Å². The summed E-state index contributed by atoms with van der Waals surface area (Å²) in [7, 11) is 0. The van der Waals surface area contributed by atoms with Crippen molar-refractivity contribution >= 4 is 10.8 Å². The van der Waals surface area contributed by atoms with Gasteiger partial charge in [0.15, 0.2) is 0 Å². The van der Waals surface area contributed by atoms with Crippen molar-refractivity contribution in [3.05, 3.63) is 92.2 Å². The van der Waals surface area contributed by atoms with Gasteiger partial charge in [-0.25, -0.2) is 0 Å². The maximum atomic E-state index is 3.72. The van der Waals surface area contributed by atoms with Gasteiger partial charge in [-0.05, 0) is 0 Å². The Balaban J connectivity index is 0.000000325. The maximum Gasteiger partial charge on any atom is 3.00 e. The van der Waals surface area contributed by atoms with Gasteiger partial charge in [-0.15, -0.1) is 52.7 Å². The van der Waals surface area contributed by atoms with E-state index in [0.717, 1.165) is 5.56 Å². The SMILES string of the molecule is Cc1cc2ccccc2[cH-]1.[CH2-]c1ccccc1.[CH3-].[Zr+3]. The maximum absolute atomic E-state index is 3.72. The summed E-state index contributed by atoms with van der Waals surface area (Å²) in [6.45, 7) is 5.85. The van der Waals surface area contributed by atoms with Crippen LogP contribution in [0, 0.1) is 21.3 Å². The normalized spacial score (nSPS) is 8.68. The number of aryl methyl sites for hydroxylation is 1. The number of hydrogen-bond acceptors (Lipinski definition) is 0. The molecule has 0 spiro atoms. The minimum atomic E-state index is 0. The van der Waals surface area contributed by atoms with E-state index >= 15 is 0 Å². The predicted molar refractivity (Wildman–Crippen MR) is 81.6 cm³/mol. The molecule has 95 valence electrons. The topological polar surface area (TPSA) is 0 Å². The second-order valence-corrected chi connectivity index (χ2v) is 4.15. The molecule has 1 heteroatoms. The van der Waals surface area contributed by atoms with Gasteiger partial charge in [-0.1, -0.05) is 19.1 Å². The van der Waals surface area contributed by atoms with Crippen LogP contribution in [0.1, 0.15) is 11.1 Å². The molecule has 3 aromatic carbocycles. The van der Waals surface area contributed by atoms with Crippen LogP contribution in [0.5, 0.6) is 0 Å². The van der Waals surface area contributed by atoms with Gasteiger partial charge in [0.05, 0.1) is 0 Å². The molecular formula is C18H19Zr. The first kappa shape index (κ1) is 17.8. The van der Waals surface area contributed by atoms with Crippen molar-refractivity contribution < 1.29 is 26.2 Å². The van der Waals surface area contributed by atoms with Crippen molar-refractivity contribution in [2.45, 2.75) is 6.92 Å². The molecule has 0 saturated heterocycles. The van der Waals surface area contributed by atoms with Gasteiger partial charge < -0.3 is 7.43 Å².